The molecule has 3 atom stereocenters. The average molecular weight is 243 g/mol. The zero-order valence-corrected chi connectivity index (χ0v) is 12.0. The first kappa shape index (κ1) is 16.4. The van der Waals surface area contributed by atoms with Crippen LogP contribution in [0.2, 0.25) is 0 Å². The summed E-state index contributed by atoms with van der Waals surface area (Å²) < 4.78 is 0. The number of carbonyl (C=O) groups is 1. The van der Waals surface area contributed by atoms with E-state index >= 15 is 0 Å². The van der Waals surface area contributed by atoms with Gasteiger partial charge in [-0.3, -0.25) is 4.79 Å². The fourth-order valence-electron chi connectivity index (χ4n) is 2.48. The van der Waals surface area contributed by atoms with Gasteiger partial charge in [-0.2, -0.15) is 0 Å². The second-order valence-corrected chi connectivity index (χ2v) is 5.72. The van der Waals surface area contributed by atoms with Crippen LogP contribution in [0.25, 0.3) is 0 Å². The third-order valence-corrected chi connectivity index (χ3v) is 2.99. The fourth-order valence-corrected chi connectivity index (χ4v) is 2.48. The number of rotatable bonds is 9. The molecule has 0 aromatic carbocycles. The van der Waals surface area contributed by atoms with Crippen molar-refractivity contribution in [3.63, 3.8) is 0 Å². The molecule has 0 amide bonds. The third-order valence-electron chi connectivity index (χ3n) is 2.99. The van der Waals surface area contributed by atoms with Crippen LogP contribution in [0.3, 0.4) is 0 Å². The van der Waals surface area contributed by atoms with Crippen LogP contribution in [0.15, 0.2) is 0 Å². The van der Waals surface area contributed by atoms with Crippen LogP contribution in [0, 0.1) is 11.8 Å². The Balaban J connectivity index is 4.04. The van der Waals surface area contributed by atoms with Gasteiger partial charge in [0.1, 0.15) is 6.04 Å². The Hall–Kier alpha value is -0.570. The zero-order chi connectivity index (χ0) is 13.4. The van der Waals surface area contributed by atoms with Crippen molar-refractivity contribution in [2.24, 2.45) is 11.8 Å². The Morgan fingerprint density at radius 1 is 1.18 bits per heavy atom. The summed E-state index contributed by atoms with van der Waals surface area (Å²) in [5.41, 5.74) is 0. The fraction of sp³-hybridized carbons (Fsp3) is 0.929. The van der Waals surface area contributed by atoms with Gasteiger partial charge in [0.25, 0.3) is 0 Å². The molecule has 0 aromatic rings. The van der Waals surface area contributed by atoms with Crippen molar-refractivity contribution in [3.8, 4) is 0 Å². The van der Waals surface area contributed by atoms with E-state index < -0.39 is 5.97 Å². The first-order valence-corrected chi connectivity index (χ1v) is 6.85. The molecule has 0 saturated heterocycles. The van der Waals surface area contributed by atoms with Gasteiger partial charge >= 0.3 is 5.97 Å². The van der Waals surface area contributed by atoms with Gasteiger partial charge in [0.2, 0.25) is 0 Å². The van der Waals surface area contributed by atoms with Crippen LogP contribution in [0.1, 0.15) is 60.3 Å². The monoisotopic (exact) mass is 243 g/mol. The van der Waals surface area contributed by atoms with E-state index in [1.54, 1.807) is 0 Å². The lowest BCUT2D eigenvalue weighted by atomic mass is 9.93. The zero-order valence-electron chi connectivity index (χ0n) is 12.0. The Kier molecular flexibility index (Phi) is 8.23. The quantitative estimate of drug-likeness (QED) is 0.653. The molecule has 0 saturated carbocycles. The summed E-state index contributed by atoms with van der Waals surface area (Å²) in [5, 5.41) is 12.3. The molecular weight excluding hydrogens is 214 g/mol. The first-order valence-electron chi connectivity index (χ1n) is 6.85. The van der Waals surface area contributed by atoms with Crippen molar-refractivity contribution in [1.29, 1.82) is 0 Å². The van der Waals surface area contributed by atoms with Crippen molar-refractivity contribution >= 4 is 5.97 Å². The summed E-state index contributed by atoms with van der Waals surface area (Å²) in [6.45, 7) is 10.8. The molecule has 0 radical (unpaired) electrons. The van der Waals surface area contributed by atoms with Crippen LogP contribution in [0.5, 0.6) is 0 Å². The lowest BCUT2D eigenvalue weighted by Crippen LogP contribution is -2.42. The number of nitrogens with one attached hydrogen (secondary N) is 1. The average Bonchev–Trinajstić information content (AvgIpc) is 2.14. The standard InChI is InChI=1S/C14H29NO2/c1-6-7-13(14(16)17)15-12(5)9-11(4)8-10(2)3/h10-13,15H,6-9H2,1-5H3,(H,16,17). The van der Waals surface area contributed by atoms with Crippen LogP contribution >= 0.6 is 0 Å². The molecule has 0 aliphatic carbocycles. The third kappa shape index (κ3) is 8.19. The Bertz CT molecular complexity index is 216. The number of carboxylic acids is 1. The maximum Gasteiger partial charge on any atom is 0.320 e. The van der Waals surface area contributed by atoms with Gasteiger partial charge < -0.3 is 10.4 Å². The SMILES string of the molecule is CCCC(NC(C)CC(C)CC(C)C)C(=O)O. The van der Waals surface area contributed by atoms with E-state index in [0.717, 1.165) is 12.8 Å². The molecule has 17 heavy (non-hydrogen) atoms. The summed E-state index contributed by atoms with van der Waals surface area (Å²) in [4.78, 5) is 11.0. The topological polar surface area (TPSA) is 49.3 Å². The maximum absolute atomic E-state index is 11.0. The molecule has 0 aliphatic rings. The van der Waals surface area contributed by atoms with Gasteiger partial charge in [0.15, 0.2) is 0 Å². The van der Waals surface area contributed by atoms with E-state index in [1.807, 2.05) is 6.92 Å². The van der Waals surface area contributed by atoms with Gasteiger partial charge in [-0.05, 0) is 38.0 Å². The molecule has 0 aromatic heterocycles. The molecule has 0 fully saturated rings. The van der Waals surface area contributed by atoms with Crippen LogP contribution < -0.4 is 5.32 Å². The van der Waals surface area contributed by atoms with Gasteiger partial charge in [-0.15, -0.1) is 0 Å². The Morgan fingerprint density at radius 2 is 1.76 bits per heavy atom. The number of carboxylic acid groups (broad SMARTS) is 1. The van der Waals surface area contributed by atoms with Gasteiger partial charge in [0, 0.05) is 6.04 Å². The molecule has 0 rings (SSSR count). The summed E-state index contributed by atoms with van der Waals surface area (Å²) in [7, 11) is 0. The van der Waals surface area contributed by atoms with E-state index in [4.69, 9.17) is 5.11 Å². The molecular formula is C14H29NO2. The number of aliphatic carboxylic acids is 1. The molecule has 0 heterocycles. The molecule has 0 spiro atoms. The second-order valence-electron chi connectivity index (χ2n) is 5.72. The van der Waals surface area contributed by atoms with Crippen molar-refractivity contribution in [2.75, 3.05) is 0 Å². The number of hydrogen-bond acceptors (Lipinski definition) is 2. The molecule has 2 N–H and O–H groups in total. The summed E-state index contributed by atoms with van der Waals surface area (Å²) >= 11 is 0. The normalized spacial score (nSPS) is 16.8. The Morgan fingerprint density at radius 3 is 2.18 bits per heavy atom. The van der Waals surface area contributed by atoms with Crippen molar-refractivity contribution in [3.05, 3.63) is 0 Å². The Labute approximate surface area is 106 Å². The predicted octanol–water partition coefficient (Wildman–Crippen LogP) is 3.29. The molecule has 3 unspecified atom stereocenters. The lowest BCUT2D eigenvalue weighted by molar-refractivity contribution is -0.139. The van der Waals surface area contributed by atoms with Crippen LogP contribution in [-0.2, 0) is 4.79 Å². The van der Waals surface area contributed by atoms with Crippen molar-refractivity contribution in [1.82, 2.24) is 5.32 Å². The summed E-state index contributed by atoms with van der Waals surface area (Å²) in [6.07, 6.45) is 3.86. The van der Waals surface area contributed by atoms with Crippen LogP contribution in [-0.4, -0.2) is 23.2 Å². The van der Waals surface area contributed by atoms with Gasteiger partial charge in [-0.25, -0.2) is 0 Å². The molecule has 3 heteroatoms. The molecule has 0 bridgehead atoms. The van der Waals surface area contributed by atoms with E-state index in [-0.39, 0.29) is 12.1 Å². The molecule has 3 nitrogen and oxygen atoms in total. The smallest absolute Gasteiger partial charge is 0.320 e. The van der Waals surface area contributed by atoms with E-state index in [9.17, 15) is 4.79 Å². The maximum atomic E-state index is 11.0. The highest BCUT2D eigenvalue weighted by Crippen LogP contribution is 2.16. The largest absolute Gasteiger partial charge is 0.480 e. The summed E-state index contributed by atoms with van der Waals surface area (Å²) in [6, 6.07) is -0.113. The highest BCUT2D eigenvalue weighted by Gasteiger charge is 2.19. The minimum Gasteiger partial charge on any atom is -0.480 e. The van der Waals surface area contributed by atoms with E-state index in [2.05, 4.69) is 33.0 Å². The first-order chi connectivity index (χ1) is 7.86. The van der Waals surface area contributed by atoms with Crippen LogP contribution in [0.4, 0.5) is 0 Å². The molecule has 102 valence electrons. The van der Waals surface area contributed by atoms with E-state index in [0.29, 0.717) is 18.3 Å². The van der Waals surface area contributed by atoms with Gasteiger partial charge in [0.05, 0.1) is 0 Å². The minimum absolute atomic E-state index is 0.274. The van der Waals surface area contributed by atoms with Gasteiger partial charge in [-0.1, -0.05) is 34.1 Å². The number of hydrogen-bond donors (Lipinski definition) is 2. The highest BCUT2D eigenvalue weighted by atomic mass is 16.4. The predicted molar refractivity (Wildman–Crippen MR) is 72.2 cm³/mol. The second kappa shape index (κ2) is 8.51. The van der Waals surface area contributed by atoms with E-state index in [1.165, 1.54) is 6.42 Å². The molecule has 0 aliphatic heterocycles. The lowest BCUT2D eigenvalue weighted by Gasteiger charge is -2.23. The highest BCUT2D eigenvalue weighted by molar-refractivity contribution is 5.73. The van der Waals surface area contributed by atoms with Crippen molar-refractivity contribution < 1.29 is 9.90 Å². The summed E-state index contributed by atoms with van der Waals surface area (Å²) in [5.74, 6) is 0.631. The minimum atomic E-state index is -0.727. The van der Waals surface area contributed by atoms with Crippen molar-refractivity contribution in [2.45, 2.75) is 72.4 Å².